The molecule has 0 saturated carbocycles. The van der Waals surface area contributed by atoms with Crippen molar-refractivity contribution < 1.29 is 17.6 Å². The van der Waals surface area contributed by atoms with Crippen molar-refractivity contribution in [3.8, 4) is 0 Å². The number of carbonyl (C=O) groups excluding carboxylic acids is 1. The number of likely N-dealkylation sites (tertiary alicyclic amines) is 1. The van der Waals surface area contributed by atoms with Gasteiger partial charge < -0.3 is 14.6 Å². The number of sulfonamides is 1. The molecule has 2 aliphatic rings. The minimum atomic E-state index is -3.67. The summed E-state index contributed by atoms with van der Waals surface area (Å²) in [7, 11) is -0.793. The van der Waals surface area contributed by atoms with Crippen LogP contribution < -0.4 is 5.32 Å². The zero-order valence-electron chi connectivity index (χ0n) is 14.4. The number of rotatable bonds is 3. The highest BCUT2D eigenvalue weighted by atomic mass is 32.2. The molecule has 0 spiro atoms. The summed E-state index contributed by atoms with van der Waals surface area (Å²) in [4.78, 5) is 14.7. The Balaban J connectivity index is 1.79. The Morgan fingerprint density at radius 1 is 1.25 bits per heavy atom. The number of amides is 1. The van der Waals surface area contributed by atoms with E-state index in [4.69, 9.17) is 4.42 Å². The standard InChI is InChI=1S/C16H25N3O4S/c1-11-14(8-15(23-11)24(21,22)18(2)3)16(20)19-6-4-12-9-17-10-13(12)5-7-19/h8,12-13,17H,4-7,9-10H2,1-3H3/t12-,13+. The van der Waals surface area contributed by atoms with Gasteiger partial charge in [0.05, 0.1) is 5.56 Å². The second-order valence-electron chi connectivity index (χ2n) is 6.87. The van der Waals surface area contributed by atoms with Crippen LogP contribution in [0, 0.1) is 18.8 Å². The van der Waals surface area contributed by atoms with Crippen molar-refractivity contribution in [1.29, 1.82) is 0 Å². The van der Waals surface area contributed by atoms with Crippen molar-refractivity contribution in [2.24, 2.45) is 11.8 Å². The summed E-state index contributed by atoms with van der Waals surface area (Å²) < 4.78 is 30.8. The van der Waals surface area contributed by atoms with E-state index in [9.17, 15) is 13.2 Å². The lowest BCUT2D eigenvalue weighted by Crippen LogP contribution is -2.33. The monoisotopic (exact) mass is 355 g/mol. The first-order chi connectivity index (χ1) is 11.3. The molecule has 1 amide bonds. The Morgan fingerprint density at radius 2 is 1.83 bits per heavy atom. The predicted molar refractivity (Wildman–Crippen MR) is 89.3 cm³/mol. The first kappa shape index (κ1) is 17.4. The fraction of sp³-hybridized carbons (Fsp3) is 0.688. The summed E-state index contributed by atoms with van der Waals surface area (Å²) >= 11 is 0. The van der Waals surface area contributed by atoms with Crippen LogP contribution in [-0.4, -0.2) is 63.8 Å². The second-order valence-corrected chi connectivity index (χ2v) is 8.95. The van der Waals surface area contributed by atoms with Crippen molar-refractivity contribution >= 4 is 15.9 Å². The number of fused-ring (bicyclic) bond motifs is 1. The first-order valence-electron chi connectivity index (χ1n) is 8.33. The number of nitrogens with one attached hydrogen (secondary N) is 1. The van der Waals surface area contributed by atoms with Crippen LogP contribution in [0.25, 0.3) is 0 Å². The zero-order valence-corrected chi connectivity index (χ0v) is 15.2. The summed E-state index contributed by atoms with van der Waals surface area (Å²) in [6, 6.07) is 1.36. The third kappa shape index (κ3) is 3.10. The number of aryl methyl sites for hydroxylation is 1. The minimum absolute atomic E-state index is 0.135. The van der Waals surface area contributed by atoms with E-state index in [2.05, 4.69) is 5.32 Å². The lowest BCUT2D eigenvalue weighted by molar-refractivity contribution is 0.0756. The van der Waals surface area contributed by atoms with E-state index in [1.807, 2.05) is 4.90 Å². The molecule has 2 aliphatic heterocycles. The zero-order chi connectivity index (χ0) is 17.5. The SMILES string of the molecule is Cc1oc(S(=O)(=O)N(C)C)cc1C(=O)N1CC[C@@H]2CNC[C@@H]2CC1. The third-order valence-corrected chi connectivity index (χ3v) is 6.84. The predicted octanol–water partition coefficient (Wildman–Crippen LogP) is 0.910. The number of furan rings is 1. The van der Waals surface area contributed by atoms with Gasteiger partial charge in [0.15, 0.2) is 0 Å². The average Bonchev–Trinajstić information content (AvgIpc) is 3.08. The van der Waals surface area contributed by atoms with Crippen molar-refractivity contribution in [2.45, 2.75) is 24.9 Å². The number of carbonyl (C=O) groups is 1. The molecule has 2 atom stereocenters. The highest BCUT2D eigenvalue weighted by molar-refractivity contribution is 7.88. The van der Waals surface area contributed by atoms with Gasteiger partial charge in [0.1, 0.15) is 5.76 Å². The van der Waals surface area contributed by atoms with Crippen molar-refractivity contribution in [3.63, 3.8) is 0 Å². The summed E-state index contributed by atoms with van der Waals surface area (Å²) in [5.41, 5.74) is 0.348. The Morgan fingerprint density at radius 3 is 2.38 bits per heavy atom. The second kappa shape index (κ2) is 6.50. The molecule has 0 aromatic carbocycles. The van der Waals surface area contributed by atoms with Gasteiger partial charge in [-0.2, -0.15) is 0 Å². The molecule has 1 aromatic rings. The highest BCUT2D eigenvalue weighted by Crippen LogP contribution is 2.29. The third-order valence-electron chi connectivity index (χ3n) is 5.17. The fourth-order valence-corrected chi connectivity index (χ4v) is 4.42. The molecule has 7 nitrogen and oxygen atoms in total. The lowest BCUT2D eigenvalue weighted by Gasteiger charge is -2.20. The van der Waals surface area contributed by atoms with Gasteiger partial charge >= 0.3 is 0 Å². The summed E-state index contributed by atoms with van der Waals surface area (Å²) in [6.07, 6.45) is 1.98. The van der Waals surface area contributed by atoms with Gasteiger partial charge in [-0.3, -0.25) is 4.79 Å². The Labute approximate surface area is 143 Å². The van der Waals surface area contributed by atoms with Gasteiger partial charge in [-0.15, -0.1) is 0 Å². The molecule has 2 fully saturated rings. The van der Waals surface area contributed by atoms with E-state index in [0.29, 0.717) is 36.2 Å². The molecule has 3 heterocycles. The molecule has 0 bridgehead atoms. The van der Waals surface area contributed by atoms with Crippen LogP contribution in [0.5, 0.6) is 0 Å². The maximum atomic E-state index is 12.8. The Bertz CT molecular complexity index is 712. The summed E-state index contributed by atoms with van der Waals surface area (Å²) in [5.74, 6) is 1.49. The lowest BCUT2D eigenvalue weighted by atomic mass is 9.92. The van der Waals surface area contributed by atoms with Gasteiger partial charge in [0.2, 0.25) is 5.09 Å². The molecule has 8 heteroatoms. The molecule has 3 rings (SSSR count). The van der Waals surface area contributed by atoms with Crippen LogP contribution in [0.15, 0.2) is 15.6 Å². The molecular formula is C16H25N3O4S. The van der Waals surface area contributed by atoms with Crippen LogP contribution in [0.4, 0.5) is 0 Å². The van der Waals surface area contributed by atoms with E-state index in [-0.39, 0.29) is 11.0 Å². The Hall–Kier alpha value is -1.38. The molecule has 0 unspecified atom stereocenters. The molecule has 0 radical (unpaired) electrons. The normalized spacial score (nSPS) is 24.9. The topological polar surface area (TPSA) is 82.9 Å². The molecule has 2 saturated heterocycles. The van der Waals surface area contributed by atoms with Gasteiger partial charge in [-0.05, 0) is 44.7 Å². The number of nitrogens with zero attached hydrogens (tertiary/aromatic N) is 2. The minimum Gasteiger partial charge on any atom is -0.448 e. The van der Waals surface area contributed by atoms with Crippen molar-refractivity contribution in [3.05, 3.63) is 17.4 Å². The van der Waals surface area contributed by atoms with Crippen molar-refractivity contribution in [1.82, 2.24) is 14.5 Å². The van der Waals surface area contributed by atoms with Crippen LogP contribution in [0.1, 0.15) is 29.0 Å². The quantitative estimate of drug-likeness (QED) is 0.871. The van der Waals surface area contributed by atoms with Crippen LogP contribution in [0.2, 0.25) is 0 Å². The maximum Gasteiger partial charge on any atom is 0.275 e. The first-order valence-corrected chi connectivity index (χ1v) is 9.77. The van der Waals surface area contributed by atoms with Crippen molar-refractivity contribution in [2.75, 3.05) is 40.3 Å². The van der Waals surface area contributed by atoms with Gasteiger partial charge in [0, 0.05) is 33.3 Å². The molecule has 1 aromatic heterocycles. The number of hydrogen-bond donors (Lipinski definition) is 1. The maximum absolute atomic E-state index is 12.8. The van der Waals surface area contributed by atoms with E-state index < -0.39 is 10.0 Å². The van der Waals surface area contributed by atoms with E-state index in [0.717, 1.165) is 30.2 Å². The van der Waals surface area contributed by atoms with E-state index in [1.165, 1.54) is 20.2 Å². The Kier molecular flexibility index (Phi) is 4.72. The van der Waals surface area contributed by atoms with Crippen LogP contribution >= 0.6 is 0 Å². The molecule has 24 heavy (non-hydrogen) atoms. The molecule has 1 N–H and O–H groups in total. The smallest absolute Gasteiger partial charge is 0.275 e. The average molecular weight is 355 g/mol. The summed E-state index contributed by atoms with van der Waals surface area (Å²) in [6.45, 7) is 5.12. The largest absolute Gasteiger partial charge is 0.448 e. The van der Waals surface area contributed by atoms with Crippen LogP contribution in [-0.2, 0) is 10.0 Å². The van der Waals surface area contributed by atoms with Crippen LogP contribution in [0.3, 0.4) is 0 Å². The van der Waals surface area contributed by atoms with Gasteiger partial charge in [-0.25, -0.2) is 12.7 Å². The molecule has 134 valence electrons. The summed E-state index contributed by atoms with van der Waals surface area (Å²) in [5, 5.41) is 3.24. The molecular weight excluding hydrogens is 330 g/mol. The van der Waals surface area contributed by atoms with Gasteiger partial charge in [-0.1, -0.05) is 0 Å². The fourth-order valence-electron chi connectivity index (χ4n) is 3.57. The van der Waals surface area contributed by atoms with Gasteiger partial charge in [0.25, 0.3) is 15.9 Å². The van der Waals surface area contributed by atoms with E-state index in [1.54, 1.807) is 6.92 Å². The highest BCUT2D eigenvalue weighted by Gasteiger charge is 2.33. The number of hydrogen-bond acceptors (Lipinski definition) is 5. The molecule has 0 aliphatic carbocycles. The van der Waals surface area contributed by atoms with E-state index >= 15 is 0 Å².